The highest BCUT2D eigenvalue weighted by Gasteiger charge is 2.15. The molecule has 4 nitrogen and oxygen atoms in total. The second-order valence-corrected chi connectivity index (χ2v) is 7.90. The minimum absolute atomic E-state index is 0.0550. The number of fused-ring (bicyclic) bond motifs is 1. The van der Waals surface area contributed by atoms with Crippen LogP contribution in [-0.4, -0.2) is 21.1 Å². The van der Waals surface area contributed by atoms with Gasteiger partial charge in [0.2, 0.25) is 0 Å². The first-order valence-corrected chi connectivity index (χ1v) is 9.54. The predicted octanol–water partition coefficient (Wildman–Crippen LogP) is 4.07. The molecule has 24 heavy (non-hydrogen) atoms. The molecule has 0 aliphatic heterocycles. The van der Waals surface area contributed by atoms with E-state index < -0.39 is 0 Å². The Morgan fingerprint density at radius 1 is 1.29 bits per heavy atom. The minimum atomic E-state index is -0.0550. The van der Waals surface area contributed by atoms with Gasteiger partial charge in [-0.2, -0.15) is 0 Å². The summed E-state index contributed by atoms with van der Waals surface area (Å²) in [5.74, 6) is 0.355. The van der Waals surface area contributed by atoms with Gasteiger partial charge in [-0.25, -0.2) is 4.98 Å². The maximum absolute atomic E-state index is 12.6. The zero-order valence-corrected chi connectivity index (χ0v) is 15.5. The first-order valence-electron chi connectivity index (χ1n) is 7.74. The van der Waals surface area contributed by atoms with Crippen LogP contribution in [0.4, 0.5) is 0 Å². The maximum Gasteiger partial charge on any atom is 0.262 e. The van der Waals surface area contributed by atoms with Gasteiger partial charge in [-0.3, -0.25) is 14.2 Å². The van der Waals surface area contributed by atoms with E-state index in [2.05, 4.69) is 4.98 Å². The third-order valence-corrected chi connectivity index (χ3v) is 5.76. The Bertz CT molecular complexity index is 973. The van der Waals surface area contributed by atoms with E-state index in [0.717, 1.165) is 15.3 Å². The Balaban J connectivity index is 1.91. The highest BCUT2D eigenvalue weighted by molar-refractivity contribution is 7.99. The van der Waals surface area contributed by atoms with Gasteiger partial charge in [-0.1, -0.05) is 23.9 Å². The second kappa shape index (κ2) is 6.91. The molecule has 1 aromatic carbocycles. The van der Waals surface area contributed by atoms with Crippen molar-refractivity contribution in [3.8, 4) is 0 Å². The molecule has 0 radical (unpaired) electrons. The summed E-state index contributed by atoms with van der Waals surface area (Å²) in [6, 6.07) is 9.25. The van der Waals surface area contributed by atoms with Crippen molar-refractivity contribution in [2.75, 3.05) is 5.75 Å². The zero-order chi connectivity index (χ0) is 17.3. The SMILES string of the molecule is CCn1c(SCC(=O)c2cc(C)sc2C)nc2ccccc2c1=O. The van der Waals surface area contributed by atoms with Crippen molar-refractivity contribution in [2.24, 2.45) is 0 Å². The molecule has 0 spiro atoms. The van der Waals surface area contributed by atoms with Crippen LogP contribution in [0.3, 0.4) is 0 Å². The highest BCUT2D eigenvalue weighted by Crippen LogP contribution is 2.24. The molecule has 2 aromatic heterocycles. The molecular weight excluding hydrogens is 340 g/mol. The van der Waals surface area contributed by atoms with Crippen molar-refractivity contribution in [3.05, 3.63) is 56.0 Å². The molecule has 0 atom stereocenters. The summed E-state index contributed by atoms with van der Waals surface area (Å²) in [7, 11) is 0. The maximum atomic E-state index is 12.6. The lowest BCUT2D eigenvalue weighted by Crippen LogP contribution is -2.22. The van der Waals surface area contributed by atoms with Crippen LogP contribution >= 0.6 is 23.1 Å². The standard InChI is InChI=1S/C18H18N2O2S2/c1-4-20-17(22)13-7-5-6-8-15(13)19-18(20)23-10-16(21)14-9-11(2)24-12(14)3/h5-9H,4,10H2,1-3H3. The lowest BCUT2D eigenvalue weighted by molar-refractivity contribution is 0.102. The molecular formula is C18H18N2O2S2. The van der Waals surface area contributed by atoms with Crippen LogP contribution in [-0.2, 0) is 6.54 Å². The van der Waals surface area contributed by atoms with E-state index in [0.29, 0.717) is 22.6 Å². The van der Waals surface area contributed by atoms with Gasteiger partial charge >= 0.3 is 0 Å². The number of thioether (sulfide) groups is 1. The fraction of sp³-hybridized carbons (Fsp3) is 0.278. The number of hydrogen-bond donors (Lipinski definition) is 0. The van der Waals surface area contributed by atoms with Crippen LogP contribution in [0.1, 0.15) is 27.0 Å². The Morgan fingerprint density at radius 3 is 2.71 bits per heavy atom. The quantitative estimate of drug-likeness (QED) is 0.392. The van der Waals surface area contributed by atoms with E-state index in [1.807, 2.05) is 45.0 Å². The van der Waals surface area contributed by atoms with Crippen molar-refractivity contribution in [1.82, 2.24) is 9.55 Å². The van der Waals surface area contributed by atoms with E-state index in [1.54, 1.807) is 22.0 Å². The molecule has 0 bridgehead atoms. The molecule has 0 saturated carbocycles. The van der Waals surface area contributed by atoms with Crippen molar-refractivity contribution >= 4 is 39.8 Å². The first-order chi connectivity index (χ1) is 11.5. The van der Waals surface area contributed by atoms with E-state index in [-0.39, 0.29) is 17.1 Å². The molecule has 0 aliphatic carbocycles. The number of ketones is 1. The van der Waals surface area contributed by atoms with Crippen molar-refractivity contribution < 1.29 is 4.79 Å². The lowest BCUT2D eigenvalue weighted by Gasteiger charge is -2.10. The van der Waals surface area contributed by atoms with Crippen LogP contribution in [0.2, 0.25) is 0 Å². The van der Waals surface area contributed by atoms with E-state index in [4.69, 9.17) is 0 Å². The second-order valence-electron chi connectivity index (χ2n) is 5.50. The van der Waals surface area contributed by atoms with Gasteiger partial charge < -0.3 is 0 Å². The average Bonchev–Trinajstić information content (AvgIpc) is 2.91. The molecule has 0 saturated heterocycles. The van der Waals surface area contributed by atoms with Crippen LogP contribution in [0.15, 0.2) is 40.3 Å². The number of para-hydroxylation sites is 1. The third kappa shape index (κ3) is 3.16. The Morgan fingerprint density at radius 2 is 2.04 bits per heavy atom. The minimum Gasteiger partial charge on any atom is -0.293 e. The number of hydrogen-bond acceptors (Lipinski definition) is 5. The molecule has 0 N–H and O–H groups in total. The summed E-state index contributed by atoms with van der Waals surface area (Å²) in [6.07, 6.45) is 0. The number of aromatic nitrogens is 2. The summed E-state index contributed by atoms with van der Waals surface area (Å²) < 4.78 is 1.63. The van der Waals surface area contributed by atoms with Crippen LogP contribution in [0, 0.1) is 13.8 Å². The molecule has 3 aromatic rings. The molecule has 0 unspecified atom stereocenters. The molecule has 2 heterocycles. The van der Waals surface area contributed by atoms with E-state index >= 15 is 0 Å². The van der Waals surface area contributed by atoms with Gasteiger partial charge in [0, 0.05) is 21.9 Å². The van der Waals surface area contributed by atoms with Crippen LogP contribution in [0.25, 0.3) is 10.9 Å². The van der Waals surface area contributed by atoms with E-state index in [9.17, 15) is 9.59 Å². The zero-order valence-electron chi connectivity index (χ0n) is 13.8. The summed E-state index contributed by atoms with van der Waals surface area (Å²) in [5.41, 5.74) is 1.39. The van der Waals surface area contributed by atoms with E-state index in [1.165, 1.54) is 11.8 Å². The normalized spacial score (nSPS) is 11.1. The molecule has 124 valence electrons. The Hall–Kier alpha value is -1.92. The van der Waals surface area contributed by atoms with Crippen molar-refractivity contribution in [2.45, 2.75) is 32.5 Å². The van der Waals surface area contributed by atoms with Crippen molar-refractivity contribution in [3.63, 3.8) is 0 Å². The number of Topliss-reactive ketones (excluding diaryl/α,β-unsaturated/α-hetero) is 1. The average molecular weight is 358 g/mol. The largest absolute Gasteiger partial charge is 0.293 e. The first kappa shape index (κ1) is 16.9. The molecule has 3 rings (SSSR count). The third-order valence-electron chi connectivity index (χ3n) is 3.82. The van der Waals surface area contributed by atoms with Gasteiger partial charge in [0.1, 0.15) is 0 Å². The highest BCUT2D eigenvalue weighted by atomic mass is 32.2. The van der Waals surface area contributed by atoms with Gasteiger partial charge in [0.15, 0.2) is 10.9 Å². The Labute approximate surface area is 148 Å². The molecule has 0 amide bonds. The van der Waals surface area contributed by atoms with Crippen LogP contribution in [0.5, 0.6) is 0 Å². The molecule has 6 heteroatoms. The Kier molecular flexibility index (Phi) is 4.87. The summed E-state index contributed by atoms with van der Waals surface area (Å²) in [4.78, 5) is 31.8. The fourth-order valence-corrected chi connectivity index (χ4v) is 4.54. The monoisotopic (exact) mass is 358 g/mol. The summed E-state index contributed by atoms with van der Waals surface area (Å²) in [6.45, 7) is 6.41. The number of carbonyl (C=O) groups is 1. The topological polar surface area (TPSA) is 52.0 Å². The number of benzene rings is 1. The fourth-order valence-electron chi connectivity index (χ4n) is 2.65. The smallest absolute Gasteiger partial charge is 0.262 e. The summed E-state index contributed by atoms with van der Waals surface area (Å²) >= 11 is 2.96. The van der Waals surface area contributed by atoms with Crippen LogP contribution < -0.4 is 5.56 Å². The number of aryl methyl sites for hydroxylation is 2. The van der Waals surface area contributed by atoms with Gasteiger partial charge in [0.25, 0.3) is 5.56 Å². The molecule has 0 aliphatic rings. The molecule has 0 fully saturated rings. The van der Waals surface area contributed by atoms with Gasteiger partial charge in [0.05, 0.1) is 16.7 Å². The number of carbonyl (C=O) groups excluding carboxylic acids is 1. The van der Waals surface area contributed by atoms with Gasteiger partial charge in [-0.15, -0.1) is 11.3 Å². The van der Waals surface area contributed by atoms with Crippen molar-refractivity contribution in [1.29, 1.82) is 0 Å². The number of rotatable bonds is 5. The summed E-state index contributed by atoms with van der Waals surface area (Å²) in [5, 5.41) is 1.21. The lowest BCUT2D eigenvalue weighted by atomic mass is 10.2. The number of nitrogens with zero attached hydrogens (tertiary/aromatic N) is 2. The van der Waals surface area contributed by atoms with Gasteiger partial charge in [-0.05, 0) is 39.0 Å². The number of thiophene rings is 1. The predicted molar refractivity (Wildman–Crippen MR) is 101 cm³/mol.